The molecule has 0 saturated heterocycles. The van der Waals surface area contributed by atoms with E-state index in [-0.39, 0.29) is 0 Å². The van der Waals surface area contributed by atoms with Gasteiger partial charge in [0.15, 0.2) is 0 Å². The number of hydrogen-bond acceptors (Lipinski definition) is 1. The minimum absolute atomic E-state index is 1.02. The summed E-state index contributed by atoms with van der Waals surface area (Å²) in [4.78, 5) is 0. The summed E-state index contributed by atoms with van der Waals surface area (Å²) >= 11 is 1.76. The third-order valence-corrected chi connectivity index (χ3v) is 0.925. The van der Waals surface area contributed by atoms with Crippen LogP contribution in [0.15, 0.2) is 12.1 Å². The van der Waals surface area contributed by atoms with Crippen LogP contribution in [0, 0.1) is 0 Å². The van der Waals surface area contributed by atoms with E-state index in [9.17, 15) is 0 Å². The van der Waals surface area contributed by atoms with Crippen LogP contribution in [0.2, 0.25) is 0 Å². The largest absolute Gasteiger partial charge is 0.161 e. The predicted molar refractivity (Wildman–Crippen MR) is 33.3 cm³/mol. The molecule has 0 aliphatic heterocycles. The van der Waals surface area contributed by atoms with Gasteiger partial charge in [0.05, 0.1) is 0 Å². The van der Waals surface area contributed by atoms with Crippen LogP contribution in [-0.2, 0) is 0 Å². The molecule has 0 amide bonds. The van der Waals surface area contributed by atoms with E-state index in [4.69, 9.17) is 7.85 Å². The van der Waals surface area contributed by atoms with Crippen LogP contribution in [0.5, 0.6) is 0 Å². The van der Waals surface area contributed by atoms with E-state index < -0.39 is 0 Å². The minimum Gasteiger partial charge on any atom is -0.161 e. The van der Waals surface area contributed by atoms with Gasteiger partial charge in [0.25, 0.3) is 0 Å². The molecule has 0 fully saturated rings. The summed E-state index contributed by atoms with van der Waals surface area (Å²) in [7, 11) is 5.02. The van der Waals surface area contributed by atoms with Crippen LogP contribution >= 0.6 is 11.8 Å². The van der Waals surface area contributed by atoms with Crippen molar-refractivity contribution in [3.63, 3.8) is 0 Å². The Hall–Kier alpha value is 0.155. The number of hydrogen-bond donors (Lipinski definition) is 0. The van der Waals surface area contributed by atoms with Gasteiger partial charge in [-0.15, -0.1) is 5.98 Å². The maximum absolute atomic E-state index is 5.02. The first-order chi connectivity index (χ1) is 2.91. The van der Waals surface area contributed by atoms with Crippen molar-refractivity contribution in [2.24, 2.45) is 0 Å². The normalized spacial score (nSPS) is 10.2. The van der Waals surface area contributed by atoms with Crippen molar-refractivity contribution >= 4 is 19.6 Å². The molecule has 0 aromatic rings. The van der Waals surface area contributed by atoms with Gasteiger partial charge in [-0.2, -0.15) is 11.8 Å². The standard InChI is InChI=1S/C4H7BS/c1-6-4-2-3-5/h2-3H,4H2,1H3/b3-2+. The van der Waals surface area contributed by atoms with E-state index in [1.165, 1.54) is 0 Å². The average Bonchev–Trinajstić information content (AvgIpc) is 1.61. The van der Waals surface area contributed by atoms with E-state index >= 15 is 0 Å². The molecule has 6 heavy (non-hydrogen) atoms. The van der Waals surface area contributed by atoms with Gasteiger partial charge in [0.2, 0.25) is 0 Å². The van der Waals surface area contributed by atoms with Gasteiger partial charge in [-0.05, 0) is 6.26 Å². The quantitative estimate of drug-likeness (QED) is 0.465. The zero-order valence-corrected chi connectivity index (χ0v) is 4.66. The fourth-order valence-electron chi connectivity index (χ4n) is 0.152. The Morgan fingerprint density at radius 3 is 2.67 bits per heavy atom. The molecule has 2 heteroatoms. The summed E-state index contributed by atoms with van der Waals surface area (Å²) in [6.07, 6.45) is 3.96. The lowest BCUT2D eigenvalue weighted by Gasteiger charge is -1.77. The van der Waals surface area contributed by atoms with Gasteiger partial charge in [0.1, 0.15) is 7.85 Å². The predicted octanol–water partition coefficient (Wildman–Crippen LogP) is 1.03. The van der Waals surface area contributed by atoms with Crippen molar-refractivity contribution in [3.05, 3.63) is 12.1 Å². The molecule has 0 N–H and O–H groups in total. The van der Waals surface area contributed by atoms with Crippen LogP contribution in [-0.4, -0.2) is 19.9 Å². The second-order valence-electron chi connectivity index (χ2n) is 0.883. The molecule has 0 aliphatic rings. The Bertz CT molecular complexity index is 42.8. The minimum atomic E-state index is 1.02. The fourth-order valence-corrected chi connectivity index (χ4v) is 0.455. The van der Waals surface area contributed by atoms with Gasteiger partial charge in [0, 0.05) is 5.75 Å². The highest BCUT2D eigenvalue weighted by atomic mass is 32.2. The molecule has 0 heterocycles. The number of rotatable bonds is 2. The molecule has 32 valence electrons. The molecule has 0 unspecified atom stereocenters. The van der Waals surface area contributed by atoms with E-state index in [0.717, 1.165) is 5.75 Å². The third kappa shape index (κ3) is 4.15. The highest BCUT2D eigenvalue weighted by molar-refractivity contribution is 7.98. The van der Waals surface area contributed by atoms with Gasteiger partial charge < -0.3 is 0 Å². The average molecular weight is 98.0 g/mol. The topological polar surface area (TPSA) is 0 Å². The van der Waals surface area contributed by atoms with E-state index in [0.29, 0.717) is 0 Å². The zero-order chi connectivity index (χ0) is 4.83. The van der Waals surface area contributed by atoms with Crippen molar-refractivity contribution in [1.82, 2.24) is 0 Å². The molecule has 0 spiro atoms. The molecular weight excluding hydrogens is 90.9 g/mol. The van der Waals surface area contributed by atoms with Gasteiger partial charge >= 0.3 is 0 Å². The molecule has 0 aromatic carbocycles. The molecule has 0 saturated carbocycles. The van der Waals surface area contributed by atoms with Crippen molar-refractivity contribution in [2.45, 2.75) is 0 Å². The molecule has 0 rings (SSSR count). The SMILES string of the molecule is [B]/C=C/CSC. The summed E-state index contributed by atoms with van der Waals surface area (Å²) in [6.45, 7) is 0. The first kappa shape index (κ1) is 6.15. The van der Waals surface area contributed by atoms with Crippen molar-refractivity contribution in [2.75, 3.05) is 12.0 Å². The summed E-state index contributed by atoms with van der Waals surface area (Å²) < 4.78 is 0. The fraction of sp³-hybridized carbons (Fsp3) is 0.500. The summed E-state index contributed by atoms with van der Waals surface area (Å²) in [5, 5.41) is 0. The number of thioether (sulfide) groups is 1. The summed E-state index contributed by atoms with van der Waals surface area (Å²) in [5.41, 5.74) is 0. The van der Waals surface area contributed by atoms with Crippen molar-refractivity contribution < 1.29 is 0 Å². The smallest absolute Gasteiger partial charge is 0.102 e. The van der Waals surface area contributed by atoms with Gasteiger partial charge in [-0.25, -0.2) is 0 Å². The Morgan fingerprint density at radius 2 is 2.50 bits per heavy atom. The molecule has 0 nitrogen and oxygen atoms in total. The van der Waals surface area contributed by atoms with Crippen molar-refractivity contribution in [3.8, 4) is 0 Å². The summed E-state index contributed by atoms with van der Waals surface area (Å²) in [5.74, 6) is 2.59. The van der Waals surface area contributed by atoms with Crippen LogP contribution in [0.4, 0.5) is 0 Å². The Morgan fingerprint density at radius 1 is 1.83 bits per heavy atom. The Labute approximate surface area is 44.4 Å². The van der Waals surface area contributed by atoms with E-state index in [1.807, 2.05) is 12.3 Å². The molecular formula is C4H7BS. The molecule has 0 aliphatic carbocycles. The molecule has 0 bridgehead atoms. The lowest BCUT2D eigenvalue weighted by molar-refractivity contribution is 1.81. The highest BCUT2D eigenvalue weighted by Gasteiger charge is 1.64. The lowest BCUT2D eigenvalue weighted by atomic mass is 10.1. The monoisotopic (exact) mass is 98.0 g/mol. The van der Waals surface area contributed by atoms with Crippen LogP contribution in [0.1, 0.15) is 0 Å². The second-order valence-corrected chi connectivity index (χ2v) is 1.79. The van der Waals surface area contributed by atoms with E-state index in [2.05, 4.69) is 0 Å². The highest BCUT2D eigenvalue weighted by Crippen LogP contribution is 1.88. The first-order valence-corrected chi connectivity index (χ1v) is 3.17. The third-order valence-electron chi connectivity index (χ3n) is 0.399. The van der Waals surface area contributed by atoms with E-state index in [1.54, 1.807) is 17.7 Å². The summed E-state index contributed by atoms with van der Waals surface area (Å²) in [6, 6.07) is 0. The molecule has 0 atom stereocenters. The van der Waals surface area contributed by atoms with Crippen LogP contribution in [0.3, 0.4) is 0 Å². The zero-order valence-electron chi connectivity index (χ0n) is 3.85. The Kier molecular flexibility index (Phi) is 5.29. The van der Waals surface area contributed by atoms with Crippen LogP contribution in [0.25, 0.3) is 0 Å². The van der Waals surface area contributed by atoms with Gasteiger partial charge in [-0.3, -0.25) is 0 Å². The van der Waals surface area contributed by atoms with Crippen LogP contribution < -0.4 is 0 Å². The first-order valence-electron chi connectivity index (χ1n) is 1.77. The maximum Gasteiger partial charge on any atom is 0.102 e. The van der Waals surface area contributed by atoms with Crippen molar-refractivity contribution in [1.29, 1.82) is 0 Å². The maximum atomic E-state index is 5.02. The molecule has 2 radical (unpaired) electrons. The lowest BCUT2D eigenvalue weighted by Crippen LogP contribution is -1.63. The molecule has 0 aromatic heterocycles. The van der Waals surface area contributed by atoms with Gasteiger partial charge in [-0.1, -0.05) is 6.08 Å². The second kappa shape index (κ2) is 5.15. The Balaban J connectivity index is 2.66.